The molecule has 17 heavy (non-hydrogen) atoms. The van der Waals surface area contributed by atoms with Crippen molar-refractivity contribution in [3.05, 3.63) is 34.3 Å². The van der Waals surface area contributed by atoms with Crippen molar-refractivity contribution in [1.29, 1.82) is 0 Å². The van der Waals surface area contributed by atoms with E-state index in [4.69, 9.17) is 27.9 Å². The number of carbonyl (C=O) groups excluding carboxylic acids is 1. The molecule has 88 valence electrons. The van der Waals surface area contributed by atoms with Crippen LogP contribution in [0.15, 0.2) is 18.3 Å². The highest BCUT2D eigenvalue weighted by Crippen LogP contribution is 2.24. The molecule has 0 bridgehead atoms. The summed E-state index contributed by atoms with van der Waals surface area (Å²) >= 11 is 11.8. The van der Waals surface area contributed by atoms with Gasteiger partial charge in [-0.05, 0) is 12.1 Å². The third kappa shape index (κ3) is 2.84. The largest absolute Gasteiger partial charge is 0.459 e. The Hall–Kier alpha value is -1.39. The Morgan fingerprint density at radius 1 is 1.41 bits per heavy atom. The molecule has 4 nitrogen and oxygen atoms in total. The highest BCUT2D eigenvalue weighted by atomic mass is 35.5. The fourth-order valence-electron chi connectivity index (χ4n) is 1.38. The second kappa shape index (κ2) is 4.85. The predicted molar refractivity (Wildman–Crippen MR) is 65.0 cm³/mol. The Labute approximate surface area is 108 Å². The van der Waals surface area contributed by atoms with Crippen LogP contribution in [-0.4, -0.2) is 15.9 Å². The van der Waals surface area contributed by atoms with Gasteiger partial charge in [0.1, 0.15) is 16.9 Å². The van der Waals surface area contributed by atoms with Gasteiger partial charge in [-0.2, -0.15) is 0 Å². The van der Waals surface area contributed by atoms with Gasteiger partial charge < -0.3 is 4.74 Å². The molecule has 6 heteroatoms. The van der Waals surface area contributed by atoms with Crippen LogP contribution in [0.5, 0.6) is 0 Å². The first-order chi connectivity index (χ1) is 8.06. The zero-order valence-corrected chi connectivity index (χ0v) is 10.4. The van der Waals surface area contributed by atoms with E-state index in [2.05, 4.69) is 9.97 Å². The van der Waals surface area contributed by atoms with Gasteiger partial charge in [-0.1, -0.05) is 23.2 Å². The zero-order valence-electron chi connectivity index (χ0n) is 8.91. The number of aromatic nitrogens is 2. The van der Waals surface area contributed by atoms with Crippen molar-refractivity contribution in [3.8, 4) is 0 Å². The molecule has 0 atom stereocenters. The molecule has 0 spiro atoms. The minimum Gasteiger partial charge on any atom is -0.459 e. The van der Waals surface area contributed by atoms with Gasteiger partial charge in [0.2, 0.25) is 0 Å². The first-order valence-electron chi connectivity index (χ1n) is 4.80. The molecule has 0 N–H and O–H groups in total. The van der Waals surface area contributed by atoms with Crippen molar-refractivity contribution in [1.82, 2.24) is 9.97 Å². The summed E-state index contributed by atoms with van der Waals surface area (Å²) in [6, 6.07) is 3.40. The molecule has 0 radical (unpaired) electrons. The number of pyridine rings is 2. The van der Waals surface area contributed by atoms with Crippen LogP contribution in [0.2, 0.25) is 10.3 Å². The van der Waals surface area contributed by atoms with Crippen LogP contribution in [0.3, 0.4) is 0 Å². The first kappa shape index (κ1) is 12.1. The highest BCUT2D eigenvalue weighted by molar-refractivity contribution is 6.35. The molecule has 0 saturated carbocycles. The third-order valence-corrected chi connectivity index (χ3v) is 2.61. The number of halogens is 2. The van der Waals surface area contributed by atoms with E-state index in [1.165, 1.54) is 6.92 Å². The quantitative estimate of drug-likeness (QED) is 0.622. The molecule has 0 amide bonds. The van der Waals surface area contributed by atoms with Gasteiger partial charge in [0.15, 0.2) is 0 Å². The Bertz CT molecular complexity index is 587. The summed E-state index contributed by atoms with van der Waals surface area (Å²) in [6.45, 7) is 1.43. The predicted octanol–water partition coefficient (Wildman–Crippen LogP) is 3.00. The lowest BCUT2D eigenvalue weighted by atomic mass is 10.2. The van der Waals surface area contributed by atoms with E-state index >= 15 is 0 Å². The summed E-state index contributed by atoms with van der Waals surface area (Å²) in [5, 5.41) is 2.19. The fourth-order valence-corrected chi connectivity index (χ4v) is 1.81. The van der Waals surface area contributed by atoms with Crippen LogP contribution in [0.4, 0.5) is 0 Å². The minimum atomic E-state index is -0.364. The van der Waals surface area contributed by atoms with Crippen LogP contribution in [0.25, 0.3) is 10.8 Å². The molecule has 2 aromatic heterocycles. The zero-order chi connectivity index (χ0) is 12.4. The van der Waals surface area contributed by atoms with Gasteiger partial charge in [0.05, 0.1) is 5.69 Å². The van der Waals surface area contributed by atoms with Crippen LogP contribution in [0, 0.1) is 0 Å². The van der Waals surface area contributed by atoms with Crippen LogP contribution >= 0.6 is 23.2 Å². The van der Waals surface area contributed by atoms with E-state index in [9.17, 15) is 4.79 Å². The third-order valence-electron chi connectivity index (χ3n) is 2.11. The maximum atomic E-state index is 10.7. The topological polar surface area (TPSA) is 52.1 Å². The molecule has 0 aliphatic carbocycles. The number of fused-ring (bicyclic) bond motifs is 1. The van der Waals surface area contributed by atoms with Gasteiger partial charge in [0, 0.05) is 23.9 Å². The summed E-state index contributed by atoms with van der Waals surface area (Å²) in [5.41, 5.74) is 0.571. The van der Waals surface area contributed by atoms with Crippen molar-refractivity contribution < 1.29 is 9.53 Å². The monoisotopic (exact) mass is 270 g/mol. The lowest BCUT2D eigenvalue weighted by Crippen LogP contribution is -2.01. The normalized spacial score (nSPS) is 10.5. The van der Waals surface area contributed by atoms with Gasteiger partial charge in [-0.15, -0.1) is 0 Å². The fraction of sp³-hybridized carbons (Fsp3) is 0.182. The number of nitrogens with zero attached hydrogens (tertiary/aromatic N) is 2. The maximum Gasteiger partial charge on any atom is 0.303 e. The van der Waals surface area contributed by atoms with E-state index in [1.807, 2.05) is 0 Å². The molecular weight excluding hydrogens is 263 g/mol. The molecule has 0 aliphatic heterocycles. The number of hydrogen-bond acceptors (Lipinski definition) is 4. The number of ether oxygens (including phenoxy) is 1. The molecule has 0 aromatic carbocycles. The van der Waals surface area contributed by atoms with Crippen molar-refractivity contribution in [2.24, 2.45) is 0 Å². The molecule has 2 heterocycles. The number of esters is 1. The lowest BCUT2D eigenvalue weighted by molar-refractivity contribution is -0.142. The lowest BCUT2D eigenvalue weighted by Gasteiger charge is -2.05. The summed E-state index contributed by atoms with van der Waals surface area (Å²) in [4.78, 5) is 18.8. The van der Waals surface area contributed by atoms with Gasteiger partial charge in [-0.25, -0.2) is 9.97 Å². The van der Waals surface area contributed by atoms with Crippen molar-refractivity contribution in [2.75, 3.05) is 0 Å². The number of rotatable bonds is 2. The minimum absolute atomic E-state index is 0.0909. The summed E-state index contributed by atoms with van der Waals surface area (Å²) in [5.74, 6) is -0.364. The summed E-state index contributed by atoms with van der Waals surface area (Å²) < 4.78 is 4.85. The SMILES string of the molecule is CC(=O)OCc1cc2cnc(Cl)cc2c(Cl)n1. The maximum absolute atomic E-state index is 10.7. The van der Waals surface area contributed by atoms with E-state index in [0.717, 1.165) is 10.8 Å². The molecule has 2 rings (SSSR count). The molecule has 0 saturated heterocycles. The molecular formula is C11H8Cl2N2O2. The standard InChI is InChI=1S/C11H8Cl2N2O2/c1-6(16)17-5-8-2-7-4-14-10(12)3-9(7)11(13)15-8/h2-4H,5H2,1H3. The second-order valence-corrected chi connectivity index (χ2v) is 4.16. The Morgan fingerprint density at radius 2 is 2.18 bits per heavy atom. The summed E-state index contributed by atoms with van der Waals surface area (Å²) in [7, 11) is 0. The Kier molecular flexibility index (Phi) is 3.45. The van der Waals surface area contributed by atoms with Crippen molar-refractivity contribution in [3.63, 3.8) is 0 Å². The van der Waals surface area contributed by atoms with Crippen LogP contribution < -0.4 is 0 Å². The van der Waals surface area contributed by atoms with Crippen molar-refractivity contribution in [2.45, 2.75) is 13.5 Å². The average Bonchev–Trinajstić information content (AvgIpc) is 2.27. The molecule has 0 fully saturated rings. The molecule has 0 aliphatic rings. The van der Waals surface area contributed by atoms with Gasteiger partial charge in [-0.3, -0.25) is 4.79 Å². The van der Waals surface area contributed by atoms with Crippen LogP contribution in [-0.2, 0) is 16.1 Å². The average molecular weight is 271 g/mol. The van der Waals surface area contributed by atoms with E-state index < -0.39 is 0 Å². The summed E-state index contributed by atoms with van der Waals surface area (Å²) in [6.07, 6.45) is 1.60. The van der Waals surface area contributed by atoms with E-state index in [-0.39, 0.29) is 12.6 Å². The second-order valence-electron chi connectivity index (χ2n) is 3.41. The van der Waals surface area contributed by atoms with E-state index in [0.29, 0.717) is 16.0 Å². The number of carbonyl (C=O) groups is 1. The van der Waals surface area contributed by atoms with Crippen molar-refractivity contribution >= 4 is 39.9 Å². The molecule has 0 unspecified atom stereocenters. The van der Waals surface area contributed by atoms with Gasteiger partial charge >= 0.3 is 5.97 Å². The Morgan fingerprint density at radius 3 is 2.88 bits per heavy atom. The highest BCUT2D eigenvalue weighted by Gasteiger charge is 2.06. The number of hydrogen-bond donors (Lipinski definition) is 0. The first-order valence-corrected chi connectivity index (χ1v) is 5.56. The van der Waals surface area contributed by atoms with Crippen LogP contribution in [0.1, 0.15) is 12.6 Å². The molecule has 2 aromatic rings. The van der Waals surface area contributed by atoms with Gasteiger partial charge in [0.25, 0.3) is 0 Å². The van der Waals surface area contributed by atoms with E-state index in [1.54, 1.807) is 18.3 Å². The smallest absolute Gasteiger partial charge is 0.303 e. The Balaban J connectivity index is 2.41.